The summed E-state index contributed by atoms with van der Waals surface area (Å²) in [5.41, 5.74) is 1.74. The van der Waals surface area contributed by atoms with Crippen LogP contribution in [0.1, 0.15) is 35.7 Å². The number of nitrogens with zero attached hydrogens (tertiary/aromatic N) is 2. The third kappa shape index (κ3) is 3.33. The Hall–Kier alpha value is -2.04. The van der Waals surface area contributed by atoms with Crippen LogP contribution in [0.3, 0.4) is 0 Å². The summed E-state index contributed by atoms with van der Waals surface area (Å²) in [6.45, 7) is 4.53. The van der Waals surface area contributed by atoms with Crippen molar-refractivity contribution in [3.05, 3.63) is 29.3 Å². The number of hydrogen-bond acceptors (Lipinski definition) is 3. The van der Waals surface area contributed by atoms with Gasteiger partial charge in [0.05, 0.1) is 12.7 Å². The van der Waals surface area contributed by atoms with Crippen molar-refractivity contribution in [2.45, 2.75) is 26.2 Å². The van der Waals surface area contributed by atoms with Crippen molar-refractivity contribution in [2.24, 2.45) is 5.92 Å². The van der Waals surface area contributed by atoms with E-state index in [1.54, 1.807) is 7.11 Å². The van der Waals surface area contributed by atoms with E-state index in [4.69, 9.17) is 4.74 Å². The maximum atomic E-state index is 12.8. The first-order chi connectivity index (χ1) is 11.1. The summed E-state index contributed by atoms with van der Waals surface area (Å²) in [6, 6.07) is 5.77. The Morgan fingerprint density at radius 3 is 2.35 bits per heavy atom. The Bertz CT molecular complexity index is 602. The number of piperazine rings is 1. The zero-order valence-electron chi connectivity index (χ0n) is 13.9. The fraction of sp³-hybridized carbons (Fsp3) is 0.556. The minimum atomic E-state index is -0.00401. The summed E-state index contributed by atoms with van der Waals surface area (Å²) >= 11 is 0. The molecule has 1 aliphatic carbocycles. The van der Waals surface area contributed by atoms with Crippen LogP contribution in [0, 0.1) is 5.92 Å². The molecule has 1 heterocycles. The van der Waals surface area contributed by atoms with Gasteiger partial charge in [-0.05, 0) is 37.0 Å². The Morgan fingerprint density at radius 1 is 1.13 bits per heavy atom. The first-order valence-electron chi connectivity index (χ1n) is 8.39. The van der Waals surface area contributed by atoms with Gasteiger partial charge < -0.3 is 14.5 Å². The number of hydrogen-bond donors (Lipinski definition) is 0. The summed E-state index contributed by atoms with van der Waals surface area (Å²) in [4.78, 5) is 28.6. The maximum absolute atomic E-state index is 12.8. The van der Waals surface area contributed by atoms with E-state index in [1.807, 2.05) is 28.0 Å². The largest absolute Gasteiger partial charge is 0.496 e. The molecule has 0 spiro atoms. The van der Waals surface area contributed by atoms with Gasteiger partial charge >= 0.3 is 0 Å². The molecule has 0 bridgehead atoms. The highest BCUT2D eigenvalue weighted by Gasteiger charge is 2.35. The van der Waals surface area contributed by atoms with Gasteiger partial charge in [0.2, 0.25) is 5.91 Å². The Balaban J connectivity index is 1.68. The third-order valence-electron chi connectivity index (χ3n) is 4.71. The fourth-order valence-electron chi connectivity index (χ4n) is 3.03. The van der Waals surface area contributed by atoms with E-state index in [9.17, 15) is 9.59 Å². The van der Waals surface area contributed by atoms with E-state index in [-0.39, 0.29) is 17.7 Å². The number of carbonyl (C=O) groups is 2. The first-order valence-corrected chi connectivity index (χ1v) is 8.39. The van der Waals surface area contributed by atoms with E-state index in [1.165, 1.54) is 0 Å². The van der Waals surface area contributed by atoms with Crippen molar-refractivity contribution in [3.8, 4) is 5.75 Å². The lowest BCUT2D eigenvalue weighted by atomic mass is 10.1. The minimum absolute atomic E-state index is 0.00401. The molecule has 5 nitrogen and oxygen atoms in total. The van der Waals surface area contributed by atoms with Gasteiger partial charge in [-0.3, -0.25) is 9.59 Å². The molecule has 1 aliphatic heterocycles. The lowest BCUT2D eigenvalue weighted by molar-refractivity contribution is -0.134. The van der Waals surface area contributed by atoms with E-state index in [0.29, 0.717) is 37.5 Å². The highest BCUT2D eigenvalue weighted by atomic mass is 16.5. The number of methoxy groups -OCH3 is 1. The van der Waals surface area contributed by atoms with Crippen LogP contribution in [0.25, 0.3) is 0 Å². The Morgan fingerprint density at radius 2 is 1.78 bits per heavy atom. The summed E-state index contributed by atoms with van der Waals surface area (Å²) in [6.07, 6.45) is 2.94. The van der Waals surface area contributed by atoms with Gasteiger partial charge in [0, 0.05) is 32.1 Å². The molecule has 0 aromatic heterocycles. The molecule has 5 heteroatoms. The molecular weight excluding hydrogens is 292 g/mol. The van der Waals surface area contributed by atoms with Gasteiger partial charge in [-0.1, -0.05) is 13.0 Å². The van der Waals surface area contributed by atoms with Crippen LogP contribution in [-0.4, -0.2) is 54.9 Å². The quantitative estimate of drug-likeness (QED) is 0.853. The molecule has 1 saturated carbocycles. The molecule has 124 valence electrons. The van der Waals surface area contributed by atoms with Gasteiger partial charge in [-0.2, -0.15) is 0 Å². The summed E-state index contributed by atoms with van der Waals surface area (Å²) in [5.74, 6) is 1.13. The molecule has 1 aromatic carbocycles. The second-order valence-electron chi connectivity index (χ2n) is 6.28. The standard InChI is InChI=1S/C18H24N2O3/c1-3-13-4-7-16(23-2)15(12-13)18(22)20-10-8-19(9-11-20)17(21)14-5-6-14/h4,7,12,14H,3,5-6,8-11H2,1-2H3. The van der Waals surface area contributed by atoms with E-state index in [0.717, 1.165) is 24.8 Å². The maximum Gasteiger partial charge on any atom is 0.257 e. The number of rotatable bonds is 4. The van der Waals surface area contributed by atoms with Crippen molar-refractivity contribution >= 4 is 11.8 Å². The van der Waals surface area contributed by atoms with Crippen molar-refractivity contribution in [2.75, 3.05) is 33.3 Å². The van der Waals surface area contributed by atoms with Crippen LogP contribution >= 0.6 is 0 Å². The normalized spacial score (nSPS) is 18.0. The summed E-state index contributed by atoms with van der Waals surface area (Å²) in [5, 5.41) is 0. The smallest absolute Gasteiger partial charge is 0.257 e. The Kier molecular flexibility index (Phi) is 4.55. The SMILES string of the molecule is CCc1ccc(OC)c(C(=O)N2CCN(C(=O)C3CC3)CC2)c1. The monoisotopic (exact) mass is 316 g/mol. The molecule has 2 amide bonds. The second-order valence-corrected chi connectivity index (χ2v) is 6.28. The average Bonchev–Trinajstić information content (AvgIpc) is 3.45. The number of amides is 2. The van der Waals surface area contributed by atoms with Gasteiger partial charge in [-0.15, -0.1) is 0 Å². The van der Waals surface area contributed by atoms with Crippen LogP contribution in [0.2, 0.25) is 0 Å². The topological polar surface area (TPSA) is 49.9 Å². The molecule has 0 radical (unpaired) electrons. The van der Waals surface area contributed by atoms with Gasteiger partial charge in [0.1, 0.15) is 5.75 Å². The molecule has 1 aromatic rings. The molecule has 2 aliphatic rings. The molecular formula is C18H24N2O3. The molecule has 0 unspecified atom stereocenters. The lowest BCUT2D eigenvalue weighted by Gasteiger charge is -2.35. The molecule has 1 saturated heterocycles. The van der Waals surface area contributed by atoms with Crippen molar-refractivity contribution < 1.29 is 14.3 Å². The molecule has 0 atom stereocenters. The predicted molar refractivity (Wildman–Crippen MR) is 87.6 cm³/mol. The van der Waals surface area contributed by atoms with E-state index in [2.05, 4.69) is 6.92 Å². The predicted octanol–water partition coefficient (Wildman–Crippen LogP) is 1.95. The van der Waals surface area contributed by atoms with Gasteiger partial charge in [-0.25, -0.2) is 0 Å². The first kappa shape index (κ1) is 15.8. The zero-order valence-corrected chi connectivity index (χ0v) is 13.9. The van der Waals surface area contributed by atoms with Crippen LogP contribution in [0.5, 0.6) is 5.75 Å². The fourth-order valence-corrected chi connectivity index (χ4v) is 3.03. The van der Waals surface area contributed by atoms with Crippen LogP contribution in [0.15, 0.2) is 18.2 Å². The van der Waals surface area contributed by atoms with E-state index >= 15 is 0 Å². The zero-order chi connectivity index (χ0) is 16.4. The van der Waals surface area contributed by atoms with Gasteiger partial charge in [0.15, 0.2) is 0 Å². The highest BCUT2D eigenvalue weighted by molar-refractivity contribution is 5.97. The van der Waals surface area contributed by atoms with Crippen LogP contribution < -0.4 is 4.74 Å². The molecule has 0 N–H and O–H groups in total. The number of benzene rings is 1. The highest BCUT2D eigenvalue weighted by Crippen LogP contribution is 2.31. The Labute approximate surface area is 137 Å². The average molecular weight is 316 g/mol. The summed E-state index contributed by atoms with van der Waals surface area (Å²) < 4.78 is 5.34. The van der Waals surface area contributed by atoms with E-state index < -0.39 is 0 Å². The molecule has 23 heavy (non-hydrogen) atoms. The molecule has 2 fully saturated rings. The van der Waals surface area contributed by atoms with Crippen molar-refractivity contribution in [1.82, 2.24) is 9.80 Å². The second kappa shape index (κ2) is 6.60. The van der Waals surface area contributed by atoms with Crippen molar-refractivity contribution in [1.29, 1.82) is 0 Å². The lowest BCUT2D eigenvalue weighted by Crippen LogP contribution is -2.51. The number of carbonyl (C=O) groups excluding carboxylic acids is 2. The molecule has 3 rings (SSSR count). The minimum Gasteiger partial charge on any atom is -0.496 e. The van der Waals surface area contributed by atoms with Gasteiger partial charge in [0.25, 0.3) is 5.91 Å². The summed E-state index contributed by atoms with van der Waals surface area (Å²) in [7, 11) is 1.59. The van der Waals surface area contributed by atoms with Crippen LogP contribution in [0.4, 0.5) is 0 Å². The van der Waals surface area contributed by atoms with Crippen LogP contribution in [-0.2, 0) is 11.2 Å². The number of aryl methyl sites for hydroxylation is 1. The number of ether oxygens (including phenoxy) is 1. The third-order valence-corrected chi connectivity index (χ3v) is 4.71. The van der Waals surface area contributed by atoms with Crippen molar-refractivity contribution in [3.63, 3.8) is 0 Å².